The molecule has 1 N–H and O–H groups in total. The van der Waals surface area contributed by atoms with Gasteiger partial charge in [-0.25, -0.2) is 0 Å². The van der Waals surface area contributed by atoms with Crippen molar-refractivity contribution in [3.8, 4) is 0 Å². The van der Waals surface area contributed by atoms with Crippen LogP contribution in [0.2, 0.25) is 0 Å². The highest BCUT2D eigenvalue weighted by Crippen LogP contribution is 2.21. The van der Waals surface area contributed by atoms with Crippen molar-refractivity contribution in [1.82, 2.24) is 0 Å². The molecule has 1 aromatic carbocycles. The molecule has 0 bridgehead atoms. The minimum absolute atomic E-state index is 0.117. The van der Waals surface area contributed by atoms with Gasteiger partial charge in [0.05, 0.1) is 6.42 Å². The number of carboxylic acids is 1. The first-order valence-electron chi connectivity index (χ1n) is 4.82. The van der Waals surface area contributed by atoms with Crippen molar-refractivity contribution in [2.75, 3.05) is 0 Å². The maximum absolute atomic E-state index is 10.6. The fraction of sp³-hybridized carbons (Fsp3) is 0.417. The Morgan fingerprint density at radius 1 is 1.43 bits per heavy atom. The van der Waals surface area contributed by atoms with Gasteiger partial charge >= 0.3 is 5.97 Å². The second kappa shape index (κ2) is 4.27. The SMILES string of the molecule is Cc1c(CC(=O)O)cccc1C(C)C. The molecule has 0 atom stereocenters. The van der Waals surface area contributed by atoms with Crippen molar-refractivity contribution in [2.24, 2.45) is 0 Å². The topological polar surface area (TPSA) is 37.3 Å². The molecule has 0 heterocycles. The summed E-state index contributed by atoms with van der Waals surface area (Å²) in [7, 11) is 0. The summed E-state index contributed by atoms with van der Waals surface area (Å²) >= 11 is 0. The summed E-state index contributed by atoms with van der Waals surface area (Å²) in [5.41, 5.74) is 3.28. The summed E-state index contributed by atoms with van der Waals surface area (Å²) in [4.78, 5) is 10.6. The zero-order chi connectivity index (χ0) is 10.7. The van der Waals surface area contributed by atoms with Crippen LogP contribution in [0.15, 0.2) is 18.2 Å². The number of hydrogen-bond acceptors (Lipinski definition) is 1. The lowest BCUT2D eigenvalue weighted by Gasteiger charge is -2.12. The summed E-state index contributed by atoms with van der Waals surface area (Å²) in [5.74, 6) is -0.322. The van der Waals surface area contributed by atoms with Gasteiger partial charge < -0.3 is 5.11 Å². The number of aliphatic carboxylic acids is 1. The fourth-order valence-electron chi connectivity index (χ4n) is 1.68. The summed E-state index contributed by atoms with van der Waals surface area (Å²) in [5, 5.41) is 8.72. The smallest absolute Gasteiger partial charge is 0.307 e. The lowest BCUT2D eigenvalue weighted by molar-refractivity contribution is -0.136. The summed E-state index contributed by atoms with van der Waals surface area (Å²) in [6.07, 6.45) is 0.117. The standard InChI is InChI=1S/C12H16O2/c1-8(2)11-6-4-5-10(9(11)3)7-12(13)14/h4-6,8H,7H2,1-3H3,(H,13,14). The molecule has 0 aliphatic rings. The Hall–Kier alpha value is -1.31. The molecule has 0 aromatic heterocycles. The maximum Gasteiger partial charge on any atom is 0.307 e. The number of benzene rings is 1. The monoisotopic (exact) mass is 192 g/mol. The second-order valence-electron chi connectivity index (χ2n) is 3.86. The predicted octanol–water partition coefficient (Wildman–Crippen LogP) is 2.75. The van der Waals surface area contributed by atoms with Gasteiger partial charge in [0, 0.05) is 0 Å². The Kier molecular flexibility index (Phi) is 3.28. The maximum atomic E-state index is 10.6. The predicted molar refractivity (Wildman–Crippen MR) is 56.6 cm³/mol. The van der Waals surface area contributed by atoms with Gasteiger partial charge in [-0.3, -0.25) is 4.79 Å². The molecule has 0 saturated carbocycles. The van der Waals surface area contributed by atoms with Gasteiger partial charge in [-0.2, -0.15) is 0 Å². The molecule has 14 heavy (non-hydrogen) atoms. The normalized spacial score (nSPS) is 10.6. The number of carboxylic acid groups (broad SMARTS) is 1. The number of rotatable bonds is 3. The van der Waals surface area contributed by atoms with Crippen LogP contribution in [0.3, 0.4) is 0 Å². The number of hydrogen-bond donors (Lipinski definition) is 1. The zero-order valence-electron chi connectivity index (χ0n) is 8.87. The lowest BCUT2D eigenvalue weighted by atomic mass is 9.93. The molecule has 0 unspecified atom stereocenters. The van der Waals surface area contributed by atoms with Crippen molar-refractivity contribution in [1.29, 1.82) is 0 Å². The average Bonchev–Trinajstić information content (AvgIpc) is 2.07. The molecule has 0 saturated heterocycles. The van der Waals surface area contributed by atoms with Crippen LogP contribution < -0.4 is 0 Å². The van der Waals surface area contributed by atoms with E-state index in [2.05, 4.69) is 19.9 Å². The molecule has 76 valence electrons. The van der Waals surface area contributed by atoms with E-state index in [4.69, 9.17) is 5.11 Å². The van der Waals surface area contributed by atoms with E-state index in [1.165, 1.54) is 5.56 Å². The molecule has 0 amide bonds. The van der Waals surface area contributed by atoms with Crippen molar-refractivity contribution < 1.29 is 9.90 Å². The molecule has 1 aromatic rings. The van der Waals surface area contributed by atoms with E-state index in [-0.39, 0.29) is 6.42 Å². The molecular weight excluding hydrogens is 176 g/mol. The molecule has 0 radical (unpaired) electrons. The summed E-state index contributed by atoms with van der Waals surface area (Å²) in [6.45, 7) is 6.23. The summed E-state index contributed by atoms with van der Waals surface area (Å²) in [6, 6.07) is 5.88. The molecule has 1 rings (SSSR count). The third-order valence-electron chi connectivity index (χ3n) is 2.45. The van der Waals surface area contributed by atoms with E-state index in [9.17, 15) is 4.79 Å². The van der Waals surface area contributed by atoms with Crippen molar-refractivity contribution >= 4 is 5.97 Å². The van der Waals surface area contributed by atoms with E-state index >= 15 is 0 Å². The van der Waals surface area contributed by atoms with Crippen LogP contribution in [0.25, 0.3) is 0 Å². The van der Waals surface area contributed by atoms with Crippen LogP contribution in [0.4, 0.5) is 0 Å². The van der Waals surface area contributed by atoms with Crippen LogP contribution >= 0.6 is 0 Å². The van der Waals surface area contributed by atoms with Crippen molar-refractivity contribution in [3.05, 3.63) is 34.9 Å². The molecule has 0 fully saturated rings. The van der Waals surface area contributed by atoms with Gasteiger partial charge in [-0.15, -0.1) is 0 Å². The van der Waals surface area contributed by atoms with Crippen LogP contribution in [-0.4, -0.2) is 11.1 Å². The van der Waals surface area contributed by atoms with Crippen LogP contribution in [-0.2, 0) is 11.2 Å². The highest BCUT2D eigenvalue weighted by molar-refractivity contribution is 5.71. The third-order valence-corrected chi connectivity index (χ3v) is 2.45. The highest BCUT2D eigenvalue weighted by atomic mass is 16.4. The number of carbonyl (C=O) groups is 1. The highest BCUT2D eigenvalue weighted by Gasteiger charge is 2.09. The van der Waals surface area contributed by atoms with Gasteiger partial charge in [-0.05, 0) is 29.5 Å². The molecule has 0 aliphatic carbocycles. The Morgan fingerprint density at radius 2 is 2.07 bits per heavy atom. The molecule has 0 spiro atoms. The quantitative estimate of drug-likeness (QED) is 0.799. The van der Waals surface area contributed by atoms with Crippen LogP contribution in [0.5, 0.6) is 0 Å². The fourth-order valence-corrected chi connectivity index (χ4v) is 1.68. The van der Waals surface area contributed by atoms with E-state index < -0.39 is 5.97 Å². The van der Waals surface area contributed by atoms with Gasteiger partial charge in [0.15, 0.2) is 0 Å². The van der Waals surface area contributed by atoms with Crippen molar-refractivity contribution in [3.63, 3.8) is 0 Å². The molecule has 2 nitrogen and oxygen atoms in total. The largest absolute Gasteiger partial charge is 0.481 e. The zero-order valence-corrected chi connectivity index (χ0v) is 8.87. The van der Waals surface area contributed by atoms with Gasteiger partial charge in [0.2, 0.25) is 0 Å². The molecule has 0 aliphatic heterocycles. The Labute approximate surface area is 84.6 Å². The molecular formula is C12H16O2. The van der Waals surface area contributed by atoms with Gasteiger partial charge in [0.1, 0.15) is 0 Å². The Bertz CT molecular complexity index is 340. The van der Waals surface area contributed by atoms with Gasteiger partial charge in [-0.1, -0.05) is 32.0 Å². The van der Waals surface area contributed by atoms with Crippen LogP contribution in [0.1, 0.15) is 36.5 Å². The van der Waals surface area contributed by atoms with E-state index in [1.54, 1.807) is 0 Å². The van der Waals surface area contributed by atoms with Crippen molar-refractivity contribution in [2.45, 2.75) is 33.1 Å². The average molecular weight is 192 g/mol. The first-order chi connectivity index (χ1) is 6.52. The lowest BCUT2D eigenvalue weighted by Crippen LogP contribution is -2.04. The van der Waals surface area contributed by atoms with E-state index in [0.717, 1.165) is 11.1 Å². The minimum Gasteiger partial charge on any atom is -0.481 e. The molecule has 2 heteroatoms. The minimum atomic E-state index is -0.769. The Morgan fingerprint density at radius 3 is 2.57 bits per heavy atom. The van der Waals surface area contributed by atoms with Crippen LogP contribution in [0, 0.1) is 6.92 Å². The third kappa shape index (κ3) is 2.34. The van der Waals surface area contributed by atoms with E-state index in [0.29, 0.717) is 5.92 Å². The first-order valence-corrected chi connectivity index (χ1v) is 4.82. The Balaban J connectivity index is 3.07. The first kappa shape index (κ1) is 10.8. The van der Waals surface area contributed by atoms with Gasteiger partial charge in [0.25, 0.3) is 0 Å². The second-order valence-corrected chi connectivity index (χ2v) is 3.86. The van der Waals surface area contributed by atoms with E-state index in [1.807, 2.05) is 19.1 Å². The summed E-state index contributed by atoms with van der Waals surface area (Å²) < 4.78 is 0.